The Morgan fingerprint density at radius 3 is 2.86 bits per heavy atom. The van der Waals surface area contributed by atoms with Crippen molar-refractivity contribution in [2.45, 2.75) is 26.1 Å². The van der Waals surface area contributed by atoms with Gasteiger partial charge in [0.05, 0.1) is 0 Å². The topological polar surface area (TPSA) is 15.3 Å². The van der Waals surface area contributed by atoms with Crippen LogP contribution in [0.5, 0.6) is 0 Å². The highest BCUT2D eigenvalue weighted by Gasteiger charge is 2.13. The Morgan fingerprint density at radius 2 is 2.00 bits per heavy atom. The summed E-state index contributed by atoms with van der Waals surface area (Å²) in [5.41, 5.74) is 5.32. The van der Waals surface area contributed by atoms with E-state index in [4.69, 9.17) is 0 Å². The molecule has 0 radical (unpaired) electrons. The maximum absolute atomic E-state index is 13.2. The first kappa shape index (κ1) is 14.2. The molecule has 0 unspecified atom stereocenters. The van der Waals surface area contributed by atoms with Crippen LogP contribution in [-0.2, 0) is 26.1 Å². The van der Waals surface area contributed by atoms with Crippen molar-refractivity contribution in [3.8, 4) is 0 Å². The third-order valence-corrected chi connectivity index (χ3v) is 4.02. The number of hydrogen-bond donors (Lipinski definition) is 1. The molecule has 0 spiro atoms. The average Bonchev–Trinajstić information content (AvgIpc) is 2.47. The molecular formula is C18H21FN2. The van der Waals surface area contributed by atoms with E-state index in [0.29, 0.717) is 0 Å². The predicted molar refractivity (Wildman–Crippen MR) is 83.4 cm³/mol. The monoisotopic (exact) mass is 284 g/mol. The second-order valence-corrected chi connectivity index (χ2v) is 5.78. The lowest BCUT2D eigenvalue weighted by Gasteiger charge is -2.23. The Balaban J connectivity index is 1.71. The van der Waals surface area contributed by atoms with E-state index in [0.717, 1.165) is 38.2 Å². The van der Waals surface area contributed by atoms with Crippen molar-refractivity contribution in [3.05, 3.63) is 70.5 Å². The van der Waals surface area contributed by atoms with Crippen LogP contribution in [0, 0.1) is 5.82 Å². The fraction of sp³-hybridized carbons (Fsp3) is 0.333. The van der Waals surface area contributed by atoms with Gasteiger partial charge in [0.2, 0.25) is 0 Å². The summed E-state index contributed by atoms with van der Waals surface area (Å²) in [4.78, 5) is 2.24. The van der Waals surface area contributed by atoms with Crippen molar-refractivity contribution >= 4 is 0 Å². The largest absolute Gasteiger partial charge is 0.312 e. The minimum atomic E-state index is -0.163. The lowest BCUT2D eigenvalue weighted by Crippen LogP contribution is -2.26. The summed E-state index contributed by atoms with van der Waals surface area (Å²) in [6, 6.07) is 13.4. The minimum absolute atomic E-state index is 0.163. The third kappa shape index (κ3) is 3.49. The van der Waals surface area contributed by atoms with Gasteiger partial charge in [0, 0.05) is 19.6 Å². The Labute approximate surface area is 125 Å². The van der Waals surface area contributed by atoms with E-state index in [2.05, 4.69) is 35.5 Å². The number of fused-ring (bicyclic) bond motifs is 1. The third-order valence-electron chi connectivity index (χ3n) is 4.02. The first-order valence-electron chi connectivity index (χ1n) is 7.46. The summed E-state index contributed by atoms with van der Waals surface area (Å²) in [6.07, 6.45) is 1.10. The molecule has 1 aliphatic heterocycles. The summed E-state index contributed by atoms with van der Waals surface area (Å²) in [7, 11) is 2.09. The number of rotatable bonds is 4. The van der Waals surface area contributed by atoms with Gasteiger partial charge in [0.25, 0.3) is 0 Å². The van der Waals surface area contributed by atoms with E-state index in [1.54, 1.807) is 12.1 Å². The maximum atomic E-state index is 13.2. The molecule has 1 aliphatic rings. The van der Waals surface area contributed by atoms with E-state index in [1.165, 1.54) is 22.8 Å². The van der Waals surface area contributed by atoms with Gasteiger partial charge in [-0.3, -0.25) is 4.90 Å². The molecule has 2 aromatic rings. The Kier molecular flexibility index (Phi) is 4.32. The van der Waals surface area contributed by atoms with Crippen molar-refractivity contribution in [1.82, 2.24) is 10.2 Å². The van der Waals surface area contributed by atoms with E-state index in [1.807, 2.05) is 6.07 Å². The number of halogens is 1. The maximum Gasteiger partial charge on any atom is 0.123 e. The quantitative estimate of drug-likeness (QED) is 0.928. The van der Waals surface area contributed by atoms with Crippen LogP contribution in [-0.4, -0.2) is 18.5 Å². The lowest BCUT2D eigenvalue weighted by atomic mass is 9.95. The van der Waals surface area contributed by atoms with Gasteiger partial charge in [0.1, 0.15) is 5.82 Å². The molecule has 21 heavy (non-hydrogen) atoms. The molecule has 0 atom stereocenters. The second kappa shape index (κ2) is 6.37. The van der Waals surface area contributed by atoms with E-state index >= 15 is 0 Å². The van der Waals surface area contributed by atoms with Crippen LogP contribution in [0.15, 0.2) is 42.5 Å². The van der Waals surface area contributed by atoms with Crippen LogP contribution in [0.2, 0.25) is 0 Å². The summed E-state index contributed by atoms with van der Waals surface area (Å²) in [5, 5.41) is 3.41. The first-order chi connectivity index (χ1) is 10.2. The van der Waals surface area contributed by atoms with Crippen molar-refractivity contribution in [3.63, 3.8) is 0 Å². The molecule has 0 saturated carbocycles. The van der Waals surface area contributed by atoms with Crippen LogP contribution in [0.4, 0.5) is 4.39 Å². The SMILES string of the molecule is CN(Cc1cccc(F)c1)Cc1cccc2c1CCNC2. The molecule has 2 nitrogen and oxygen atoms in total. The zero-order chi connectivity index (χ0) is 14.7. The van der Waals surface area contributed by atoms with Crippen molar-refractivity contribution in [1.29, 1.82) is 0 Å². The summed E-state index contributed by atoms with van der Waals surface area (Å²) < 4.78 is 13.2. The van der Waals surface area contributed by atoms with Gasteiger partial charge in [0.15, 0.2) is 0 Å². The molecule has 110 valence electrons. The molecule has 2 aromatic carbocycles. The van der Waals surface area contributed by atoms with E-state index < -0.39 is 0 Å². The number of benzene rings is 2. The average molecular weight is 284 g/mol. The molecule has 0 fully saturated rings. The molecule has 0 saturated heterocycles. The van der Waals surface area contributed by atoms with Gasteiger partial charge in [-0.1, -0.05) is 30.3 Å². The molecule has 3 rings (SSSR count). The van der Waals surface area contributed by atoms with Gasteiger partial charge in [-0.2, -0.15) is 0 Å². The zero-order valence-electron chi connectivity index (χ0n) is 12.4. The van der Waals surface area contributed by atoms with Crippen LogP contribution in [0.1, 0.15) is 22.3 Å². The van der Waals surface area contributed by atoms with Gasteiger partial charge >= 0.3 is 0 Å². The predicted octanol–water partition coefficient (Wildman–Crippen LogP) is 3.10. The van der Waals surface area contributed by atoms with Gasteiger partial charge < -0.3 is 5.32 Å². The molecule has 1 heterocycles. The van der Waals surface area contributed by atoms with Crippen LogP contribution >= 0.6 is 0 Å². The number of nitrogens with one attached hydrogen (secondary N) is 1. The molecule has 0 aliphatic carbocycles. The van der Waals surface area contributed by atoms with Crippen molar-refractivity contribution < 1.29 is 4.39 Å². The van der Waals surface area contributed by atoms with Gasteiger partial charge in [-0.25, -0.2) is 4.39 Å². The van der Waals surface area contributed by atoms with Crippen LogP contribution in [0.25, 0.3) is 0 Å². The lowest BCUT2D eigenvalue weighted by molar-refractivity contribution is 0.317. The fourth-order valence-corrected chi connectivity index (χ4v) is 3.05. The molecule has 0 bridgehead atoms. The summed E-state index contributed by atoms with van der Waals surface area (Å²) in [5.74, 6) is -0.163. The van der Waals surface area contributed by atoms with E-state index in [-0.39, 0.29) is 5.82 Å². The normalized spacial score (nSPS) is 14.2. The van der Waals surface area contributed by atoms with Crippen LogP contribution in [0.3, 0.4) is 0 Å². The standard InChI is InChI=1S/C18H21FN2/c1-21(12-14-4-2-7-17(19)10-14)13-16-6-3-5-15-11-20-9-8-18(15)16/h2-7,10,20H,8-9,11-13H2,1H3. The zero-order valence-corrected chi connectivity index (χ0v) is 12.4. The van der Waals surface area contributed by atoms with Crippen LogP contribution < -0.4 is 5.32 Å². The molecule has 0 aromatic heterocycles. The van der Waals surface area contributed by atoms with Crippen molar-refractivity contribution in [2.75, 3.05) is 13.6 Å². The molecule has 1 N–H and O–H groups in total. The number of nitrogens with zero attached hydrogens (tertiary/aromatic N) is 1. The molecule has 3 heteroatoms. The molecular weight excluding hydrogens is 263 g/mol. The summed E-state index contributed by atoms with van der Waals surface area (Å²) >= 11 is 0. The highest BCUT2D eigenvalue weighted by atomic mass is 19.1. The Morgan fingerprint density at radius 1 is 1.14 bits per heavy atom. The molecule has 0 amide bonds. The Bertz CT molecular complexity index is 624. The van der Waals surface area contributed by atoms with Crippen molar-refractivity contribution in [2.24, 2.45) is 0 Å². The van der Waals surface area contributed by atoms with E-state index in [9.17, 15) is 4.39 Å². The second-order valence-electron chi connectivity index (χ2n) is 5.78. The first-order valence-corrected chi connectivity index (χ1v) is 7.46. The highest BCUT2D eigenvalue weighted by molar-refractivity contribution is 5.37. The van der Waals surface area contributed by atoms with Gasteiger partial charge in [-0.05, 0) is 54.4 Å². The minimum Gasteiger partial charge on any atom is -0.312 e. The highest BCUT2D eigenvalue weighted by Crippen LogP contribution is 2.20. The van der Waals surface area contributed by atoms with Gasteiger partial charge in [-0.15, -0.1) is 0 Å². The summed E-state index contributed by atoms with van der Waals surface area (Å²) in [6.45, 7) is 3.69. The fourth-order valence-electron chi connectivity index (χ4n) is 3.05. The Hall–Kier alpha value is -1.71. The smallest absolute Gasteiger partial charge is 0.123 e. The number of hydrogen-bond acceptors (Lipinski definition) is 2.